The lowest BCUT2D eigenvalue weighted by molar-refractivity contribution is 0.103. The number of hydrogen-bond acceptors (Lipinski definition) is 5. The number of pyridine rings is 1. The van der Waals surface area contributed by atoms with E-state index in [-0.39, 0.29) is 5.91 Å². The van der Waals surface area contributed by atoms with Crippen LogP contribution in [0.25, 0.3) is 10.7 Å². The molecule has 0 aliphatic rings. The summed E-state index contributed by atoms with van der Waals surface area (Å²) < 4.78 is 5.60. The van der Waals surface area contributed by atoms with Gasteiger partial charge in [-0.1, -0.05) is 19.1 Å². The fourth-order valence-corrected chi connectivity index (χ4v) is 3.22. The van der Waals surface area contributed by atoms with Crippen LogP contribution in [0.5, 0.6) is 5.75 Å². The Morgan fingerprint density at radius 3 is 2.88 bits per heavy atom. The minimum absolute atomic E-state index is 0.176. The average Bonchev–Trinajstić information content (AvgIpc) is 3.03. The molecule has 0 spiro atoms. The van der Waals surface area contributed by atoms with Crippen LogP contribution in [0, 0.1) is 6.92 Å². The van der Waals surface area contributed by atoms with Crippen molar-refractivity contribution in [1.82, 2.24) is 9.97 Å². The zero-order valence-electron chi connectivity index (χ0n) is 14.2. The van der Waals surface area contributed by atoms with E-state index >= 15 is 0 Å². The van der Waals surface area contributed by atoms with Gasteiger partial charge in [-0.15, -0.1) is 11.3 Å². The molecule has 2 aromatic heterocycles. The largest absolute Gasteiger partial charge is 0.494 e. The summed E-state index contributed by atoms with van der Waals surface area (Å²) in [6, 6.07) is 13.0. The maximum atomic E-state index is 12.6. The van der Waals surface area contributed by atoms with E-state index in [0.29, 0.717) is 22.9 Å². The van der Waals surface area contributed by atoms with E-state index in [0.717, 1.165) is 22.9 Å². The number of anilines is 1. The highest BCUT2D eigenvalue weighted by molar-refractivity contribution is 7.17. The molecule has 0 unspecified atom stereocenters. The summed E-state index contributed by atoms with van der Waals surface area (Å²) in [5, 5.41) is 3.65. The molecule has 0 atom stereocenters. The van der Waals surface area contributed by atoms with Crippen molar-refractivity contribution in [2.75, 3.05) is 11.9 Å². The molecule has 128 valence electrons. The van der Waals surface area contributed by atoms with E-state index < -0.39 is 0 Å². The van der Waals surface area contributed by atoms with Crippen LogP contribution in [0.15, 0.2) is 48.7 Å². The SMILES string of the molecule is CCCOc1cccc(NC(=O)c2sc(-c3ccccn3)nc2C)c1. The van der Waals surface area contributed by atoms with Gasteiger partial charge in [-0.05, 0) is 37.6 Å². The number of nitrogens with zero attached hydrogens (tertiary/aromatic N) is 2. The molecule has 0 aliphatic heterocycles. The Kier molecular flexibility index (Phi) is 5.40. The Morgan fingerprint density at radius 2 is 2.12 bits per heavy atom. The van der Waals surface area contributed by atoms with Crippen LogP contribution < -0.4 is 10.1 Å². The first-order valence-corrected chi connectivity index (χ1v) is 8.92. The number of amides is 1. The van der Waals surface area contributed by atoms with Crippen LogP contribution >= 0.6 is 11.3 Å². The number of aromatic nitrogens is 2. The molecule has 1 amide bonds. The predicted octanol–water partition coefficient (Wildman–Crippen LogP) is 4.55. The van der Waals surface area contributed by atoms with Crippen LogP contribution in [0.4, 0.5) is 5.69 Å². The average molecular weight is 353 g/mol. The third-order valence-corrected chi connectivity index (χ3v) is 4.63. The van der Waals surface area contributed by atoms with Crippen molar-refractivity contribution in [2.45, 2.75) is 20.3 Å². The normalized spacial score (nSPS) is 10.5. The van der Waals surface area contributed by atoms with Crippen LogP contribution in [0.3, 0.4) is 0 Å². The number of hydrogen-bond donors (Lipinski definition) is 1. The standard InChI is InChI=1S/C19H19N3O2S/c1-3-11-24-15-8-6-7-14(12-15)22-18(23)17-13(2)21-19(25-17)16-9-4-5-10-20-16/h4-10,12H,3,11H2,1-2H3,(H,22,23). The summed E-state index contributed by atoms with van der Waals surface area (Å²) in [6.07, 6.45) is 2.65. The molecule has 1 aromatic carbocycles. The molecule has 3 aromatic rings. The second-order valence-electron chi connectivity index (χ2n) is 5.48. The molecule has 3 rings (SSSR count). The lowest BCUT2D eigenvalue weighted by atomic mass is 10.3. The fraction of sp³-hybridized carbons (Fsp3) is 0.211. The second-order valence-corrected chi connectivity index (χ2v) is 6.48. The van der Waals surface area contributed by atoms with Crippen LogP contribution in [0.2, 0.25) is 0 Å². The third kappa shape index (κ3) is 4.22. The number of carbonyl (C=O) groups excluding carboxylic acids is 1. The third-order valence-electron chi connectivity index (χ3n) is 3.45. The van der Waals surface area contributed by atoms with Crippen molar-refractivity contribution in [1.29, 1.82) is 0 Å². The molecule has 0 bridgehead atoms. The smallest absolute Gasteiger partial charge is 0.267 e. The van der Waals surface area contributed by atoms with Gasteiger partial charge in [0, 0.05) is 18.0 Å². The van der Waals surface area contributed by atoms with E-state index in [9.17, 15) is 4.79 Å². The molecule has 1 N–H and O–H groups in total. The molecule has 0 saturated heterocycles. The molecular weight excluding hydrogens is 334 g/mol. The predicted molar refractivity (Wildman–Crippen MR) is 100 cm³/mol. The van der Waals surface area contributed by atoms with Gasteiger partial charge in [-0.2, -0.15) is 0 Å². The van der Waals surface area contributed by atoms with Gasteiger partial charge in [0.2, 0.25) is 0 Å². The Labute approximate surface area is 150 Å². The molecule has 0 saturated carbocycles. The number of rotatable bonds is 6. The van der Waals surface area contributed by atoms with Gasteiger partial charge in [0.05, 0.1) is 18.0 Å². The first kappa shape index (κ1) is 17.1. The van der Waals surface area contributed by atoms with E-state index in [4.69, 9.17) is 4.74 Å². The maximum Gasteiger partial charge on any atom is 0.267 e. The number of thiazole rings is 1. The molecule has 5 nitrogen and oxygen atoms in total. The highest BCUT2D eigenvalue weighted by atomic mass is 32.1. The molecule has 0 fully saturated rings. The van der Waals surface area contributed by atoms with Crippen molar-refractivity contribution in [3.63, 3.8) is 0 Å². The second kappa shape index (κ2) is 7.90. The van der Waals surface area contributed by atoms with Gasteiger partial charge in [0.15, 0.2) is 0 Å². The van der Waals surface area contributed by atoms with Crippen molar-refractivity contribution >= 4 is 22.9 Å². The number of benzene rings is 1. The molecule has 0 radical (unpaired) electrons. The van der Waals surface area contributed by atoms with Crippen LogP contribution in [-0.2, 0) is 0 Å². The van der Waals surface area contributed by atoms with Crippen molar-refractivity contribution < 1.29 is 9.53 Å². The number of aryl methyl sites for hydroxylation is 1. The summed E-state index contributed by atoms with van der Waals surface area (Å²) in [4.78, 5) is 21.9. The zero-order chi connectivity index (χ0) is 17.6. The lowest BCUT2D eigenvalue weighted by Crippen LogP contribution is -2.11. The molecule has 25 heavy (non-hydrogen) atoms. The first-order chi connectivity index (χ1) is 12.2. The quantitative estimate of drug-likeness (QED) is 0.706. The van der Waals surface area contributed by atoms with Gasteiger partial charge in [-0.3, -0.25) is 9.78 Å². The van der Waals surface area contributed by atoms with E-state index in [1.807, 2.05) is 49.4 Å². The van der Waals surface area contributed by atoms with Crippen molar-refractivity contribution in [2.24, 2.45) is 0 Å². The number of nitrogens with one attached hydrogen (secondary N) is 1. The maximum absolute atomic E-state index is 12.6. The van der Waals surface area contributed by atoms with Gasteiger partial charge in [0.1, 0.15) is 15.6 Å². The summed E-state index contributed by atoms with van der Waals surface area (Å²) in [6.45, 7) is 4.54. The summed E-state index contributed by atoms with van der Waals surface area (Å²) in [7, 11) is 0. The highest BCUT2D eigenvalue weighted by Crippen LogP contribution is 2.27. The molecule has 6 heteroatoms. The highest BCUT2D eigenvalue weighted by Gasteiger charge is 2.17. The Hall–Kier alpha value is -2.73. The van der Waals surface area contributed by atoms with Crippen LogP contribution in [0.1, 0.15) is 28.7 Å². The number of carbonyl (C=O) groups is 1. The summed E-state index contributed by atoms with van der Waals surface area (Å²) in [5.74, 6) is 0.569. The lowest BCUT2D eigenvalue weighted by Gasteiger charge is -2.08. The number of ether oxygens (including phenoxy) is 1. The van der Waals surface area contributed by atoms with Gasteiger partial charge < -0.3 is 10.1 Å². The summed E-state index contributed by atoms with van der Waals surface area (Å²) in [5.41, 5.74) is 2.16. The fourth-order valence-electron chi connectivity index (χ4n) is 2.28. The first-order valence-electron chi connectivity index (χ1n) is 8.10. The van der Waals surface area contributed by atoms with Gasteiger partial charge in [-0.25, -0.2) is 4.98 Å². The van der Waals surface area contributed by atoms with E-state index in [2.05, 4.69) is 22.2 Å². The van der Waals surface area contributed by atoms with Gasteiger partial charge >= 0.3 is 0 Å². The molecule has 0 aliphatic carbocycles. The van der Waals surface area contributed by atoms with Crippen molar-refractivity contribution in [3.05, 3.63) is 59.2 Å². The molecular formula is C19H19N3O2S. The Bertz CT molecular complexity index is 862. The molecule has 2 heterocycles. The Balaban J connectivity index is 1.77. The van der Waals surface area contributed by atoms with Crippen LogP contribution in [-0.4, -0.2) is 22.5 Å². The zero-order valence-corrected chi connectivity index (χ0v) is 15.0. The Morgan fingerprint density at radius 1 is 1.24 bits per heavy atom. The topological polar surface area (TPSA) is 64.1 Å². The minimum atomic E-state index is -0.176. The van der Waals surface area contributed by atoms with Crippen molar-refractivity contribution in [3.8, 4) is 16.5 Å². The van der Waals surface area contributed by atoms with E-state index in [1.54, 1.807) is 6.20 Å². The van der Waals surface area contributed by atoms with E-state index in [1.165, 1.54) is 11.3 Å². The van der Waals surface area contributed by atoms with Gasteiger partial charge in [0.25, 0.3) is 5.91 Å². The summed E-state index contributed by atoms with van der Waals surface area (Å²) >= 11 is 1.34. The monoisotopic (exact) mass is 353 g/mol. The minimum Gasteiger partial charge on any atom is -0.494 e.